The average molecular weight is 208 g/mol. The summed E-state index contributed by atoms with van der Waals surface area (Å²) in [4.78, 5) is 13.9. The first kappa shape index (κ1) is 10.0. The Bertz CT molecular complexity index is 371. The van der Waals surface area contributed by atoms with E-state index in [4.69, 9.17) is 5.73 Å². The SMILES string of the molecule is CC(C)N1CCC(n2cc(N)cn2)C1=O. The summed E-state index contributed by atoms with van der Waals surface area (Å²) in [5.41, 5.74) is 6.18. The minimum atomic E-state index is -0.162. The zero-order valence-electron chi connectivity index (χ0n) is 9.05. The Balaban J connectivity index is 2.17. The summed E-state index contributed by atoms with van der Waals surface area (Å²) in [5.74, 6) is 0.146. The number of aromatic nitrogens is 2. The molecule has 5 heteroatoms. The summed E-state index contributed by atoms with van der Waals surface area (Å²) in [5, 5.41) is 4.09. The lowest BCUT2D eigenvalue weighted by molar-refractivity contribution is -0.132. The predicted octanol–water partition coefficient (Wildman–Crippen LogP) is 0.647. The number of rotatable bonds is 2. The molecule has 0 bridgehead atoms. The van der Waals surface area contributed by atoms with Gasteiger partial charge in [0.05, 0.1) is 11.9 Å². The highest BCUT2D eigenvalue weighted by atomic mass is 16.2. The molecule has 0 saturated carbocycles. The van der Waals surface area contributed by atoms with Crippen molar-refractivity contribution >= 4 is 11.6 Å². The van der Waals surface area contributed by atoms with E-state index in [1.54, 1.807) is 17.1 Å². The zero-order chi connectivity index (χ0) is 11.0. The minimum Gasteiger partial charge on any atom is -0.396 e. The third kappa shape index (κ3) is 1.69. The van der Waals surface area contributed by atoms with Crippen molar-refractivity contribution in [2.24, 2.45) is 0 Å². The van der Waals surface area contributed by atoms with E-state index in [1.807, 2.05) is 18.7 Å². The number of nitrogen functional groups attached to an aromatic ring is 1. The van der Waals surface area contributed by atoms with E-state index in [-0.39, 0.29) is 18.0 Å². The maximum absolute atomic E-state index is 12.0. The van der Waals surface area contributed by atoms with E-state index >= 15 is 0 Å². The first-order chi connectivity index (χ1) is 7.09. The Labute approximate surface area is 88.8 Å². The summed E-state index contributed by atoms with van der Waals surface area (Å²) >= 11 is 0. The fraction of sp³-hybridized carbons (Fsp3) is 0.600. The van der Waals surface area contributed by atoms with Gasteiger partial charge in [-0.05, 0) is 20.3 Å². The number of hydrogen-bond acceptors (Lipinski definition) is 3. The molecule has 0 aliphatic carbocycles. The molecule has 0 radical (unpaired) electrons. The maximum atomic E-state index is 12.0. The lowest BCUT2D eigenvalue weighted by atomic mass is 10.2. The summed E-state index contributed by atoms with van der Waals surface area (Å²) in [7, 11) is 0. The molecule has 0 spiro atoms. The second-order valence-corrected chi connectivity index (χ2v) is 4.18. The van der Waals surface area contributed by atoms with Gasteiger partial charge in [-0.25, -0.2) is 0 Å². The van der Waals surface area contributed by atoms with Gasteiger partial charge in [0, 0.05) is 18.8 Å². The maximum Gasteiger partial charge on any atom is 0.247 e. The summed E-state index contributed by atoms with van der Waals surface area (Å²) in [6, 6.07) is 0.0973. The van der Waals surface area contributed by atoms with Crippen LogP contribution in [0, 0.1) is 0 Å². The van der Waals surface area contributed by atoms with Gasteiger partial charge in [-0.15, -0.1) is 0 Å². The largest absolute Gasteiger partial charge is 0.396 e. The molecule has 2 rings (SSSR count). The topological polar surface area (TPSA) is 64.2 Å². The van der Waals surface area contributed by atoms with Crippen LogP contribution < -0.4 is 5.73 Å². The van der Waals surface area contributed by atoms with E-state index < -0.39 is 0 Å². The molecule has 5 nitrogen and oxygen atoms in total. The normalized spacial score (nSPS) is 21.7. The number of carbonyl (C=O) groups excluding carboxylic acids is 1. The lowest BCUT2D eigenvalue weighted by Gasteiger charge is -2.20. The van der Waals surface area contributed by atoms with Crippen LogP contribution in [0.1, 0.15) is 26.3 Å². The van der Waals surface area contributed by atoms with Gasteiger partial charge in [-0.2, -0.15) is 5.10 Å². The van der Waals surface area contributed by atoms with E-state index in [0.717, 1.165) is 13.0 Å². The molecule has 1 aliphatic heterocycles. The van der Waals surface area contributed by atoms with Gasteiger partial charge >= 0.3 is 0 Å². The molecule has 2 heterocycles. The second kappa shape index (κ2) is 3.56. The van der Waals surface area contributed by atoms with Crippen LogP contribution in [0.2, 0.25) is 0 Å². The van der Waals surface area contributed by atoms with Crippen LogP contribution in [-0.2, 0) is 4.79 Å². The number of amides is 1. The fourth-order valence-corrected chi connectivity index (χ4v) is 1.97. The Morgan fingerprint density at radius 2 is 2.33 bits per heavy atom. The molecule has 1 unspecified atom stereocenters. The van der Waals surface area contributed by atoms with Crippen LogP contribution in [0.25, 0.3) is 0 Å². The molecule has 1 atom stereocenters. The molecule has 82 valence electrons. The number of carbonyl (C=O) groups is 1. The Hall–Kier alpha value is -1.52. The summed E-state index contributed by atoms with van der Waals surface area (Å²) in [6.07, 6.45) is 4.11. The van der Waals surface area contributed by atoms with Crippen LogP contribution in [-0.4, -0.2) is 33.2 Å². The Kier molecular flexibility index (Phi) is 2.38. The van der Waals surface area contributed by atoms with Crippen molar-refractivity contribution in [1.29, 1.82) is 0 Å². The van der Waals surface area contributed by atoms with E-state index in [1.165, 1.54) is 0 Å². The molecule has 1 aromatic heterocycles. The third-order valence-electron chi connectivity index (χ3n) is 2.78. The van der Waals surface area contributed by atoms with E-state index in [0.29, 0.717) is 5.69 Å². The third-order valence-corrected chi connectivity index (χ3v) is 2.78. The zero-order valence-corrected chi connectivity index (χ0v) is 9.05. The van der Waals surface area contributed by atoms with Crippen LogP contribution >= 0.6 is 0 Å². The van der Waals surface area contributed by atoms with Gasteiger partial charge in [0.25, 0.3) is 0 Å². The quantitative estimate of drug-likeness (QED) is 0.776. The molecule has 1 amide bonds. The molecular weight excluding hydrogens is 192 g/mol. The second-order valence-electron chi connectivity index (χ2n) is 4.18. The minimum absolute atomic E-state index is 0.146. The van der Waals surface area contributed by atoms with Crippen molar-refractivity contribution in [2.75, 3.05) is 12.3 Å². The number of likely N-dealkylation sites (tertiary alicyclic amines) is 1. The van der Waals surface area contributed by atoms with Gasteiger partial charge in [0.2, 0.25) is 5.91 Å². The van der Waals surface area contributed by atoms with Gasteiger partial charge in [-0.3, -0.25) is 9.48 Å². The average Bonchev–Trinajstić information content (AvgIpc) is 2.71. The van der Waals surface area contributed by atoms with Crippen LogP contribution in [0.5, 0.6) is 0 Å². The van der Waals surface area contributed by atoms with Crippen LogP contribution in [0.15, 0.2) is 12.4 Å². The number of anilines is 1. The standard InChI is InChI=1S/C10H16N4O/c1-7(2)13-4-3-9(10(13)15)14-6-8(11)5-12-14/h5-7,9H,3-4,11H2,1-2H3. The molecule has 2 N–H and O–H groups in total. The van der Waals surface area contributed by atoms with Gasteiger partial charge in [0.1, 0.15) is 6.04 Å². The van der Waals surface area contributed by atoms with Crippen LogP contribution in [0.4, 0.5) is 5.69 Å². The highest BCUT2D eigenvalue weighted by Gasteiger charge is 2.34. The van der Waals surface area contributed by atoms with Crippen molar-refractivity contribution in [3.63, 3.8) is 0 Å². The number of hydrogen-bond donors (Lipinski definition) is 1. The number of nitrogens with zero attached hydrogens (tertiary/aromatic N) is 3. The summed E-state index contributed by atoms with van der Waals surface area (Å²) in [6.45, 7) is 4.86. The molecule has 1 aliphatic rings. The van der Waals surface area contributed by atoms with Gasteiger partial charge in [0.15, 0.2) is 0 Å². The highest BCUT2D eigenvalue weighted by Crippen LogP contribution is 2.24. The Morgan fingerprint density at radius 1 is 1.60 bits per heavy atom. The van der Waals surface area contributed by atoms with Crippen LogP contribution in [0.3, 0.4) is 0 Å². The van der Waals surface area contributed by atoms with E-state index in [2.05, 4.69) is 5.10 Å². The predicted molar refractivity (Wildman–Crippen MR) is 57.1 cm³/mol. The molecule has 1 saturated heterocycles. The van der Waals surface area contributed by atoms with Gasteiger partial charge < -0.3 is 10.6 Å². The fourth-order valence-electron chi connectivity index (χ4n) is 1.97. The smallest absolute Gasteiger partial charge is 0.247 e. The molecule has 0 aromatic carbocycles. The van der Waals surface area contributed by atoms with Crippen molar-refractivity contribution in [1.82, 2.24) is 14.7 Å². The van der Waals surface area contributed by atoms with Crippen molar-refractivity contribution < 1.29 is 4.79 Å². The highest BCUT2D eigenvalue weighted by molar-refractivity contribution is 5.82. The van der Waals surface area contributed by atoms with Gasteiger partial charge in [-0.1, -0.05) is 0 Å². The molecule has 15 heavy (non-hydrogen) atoms. The molecular formula is C10H16N4O. The summed E-state index contributed by atoms with van der Waals surface area (Å²) < 4.78 is 1.67. The monoisotopic (exact) mass is 208 g/mol. The Morgan fingerprint density at radius 3 is 2.80 bits per heavy atom. The van der Waals surface area contributed by atoms with Crippen molar-refractivity contribution in [3.05, 3.63) is 12.4 Å². The number of nitrogens with two attached hydrogens (primary N) is 1. The first-order valence-electron chi connectivity index (χ1n) is 5.19. The first-order valence-corrected chi connectivity index (χ1v) is 5.19. The van der Waals surface area contributed by atoms with Crippen molar-refractivity contribution in [3.8, 4) is 0 Å². The van der Waals surface area contributed by atoms with E-state index in [9.17, 15) is 4.79 Å². The molecule has 1 aromatic rings. The lowest BCUT2D eigenvalue weighted by Crippen LogP contribution is -2.34. The molecule has 1 fully saturated rings. The van der Waals surface area contributed by atoms with Crippen molar-refractivity contribution in [2.45, 2.75) is 32.4 Å².